The molecular weight excluding hydrogens is 232 g/mol. The number of fused-ring (bicyclic) bond motifs is 1. The number of piperidine rings is 1. The number of hydrogen-bond acceptors (Lipinski definition) is 2. The Kier molecular flexibility index (Phi) is 4.31. The van der Waals surface area contributed by atoms with Crippen LogP contribution in [-0.4, -0.2) is 36.6 Å². The normalized spacial score (nSPS) is 27.8. The smallest absolute Gasteiger partial charge is 0.0249 e. The minimum absolute atomic E-state index is 0.709. The van der Waals surface area contributed by atoms with Crippen LogP contribution in [0.3, 0.4) is 0 Å². The lowest BCUT2D eigenvalue weighted by Crippen LogP contribution is -2.44. The molecule has 2 aliphatic rings. The van der Waals surface area contributed by atoms with Gasteiger partial charge >= 0.3 is 0 Å². The number of nitrogens with one attached hydrogen (secondary N) is 1. The van der Waals surface area contributed by atoms with Crippen molar-refractivity contribution in [3.8, 4) is 0 Å². The molecule has 19 heavy (non-hydrogen) atoms. The van der Waals surface area contributed by atoms with E-state index >= 15 is 0 Å². The highest BCUT2D eigenvalue weighted by Gasteiger charge is 2.34. The molecule has 102 valence electrons. The summed E-state index contributed by atoms with van der Waals surface area (Å²) in [7, 11) is 0. The van der Waals surface area contributed by atoms with Crippen molar-refractivity contribution in [3.63, 3.8) is 0 Å². The molecule has 2 heteroatoms. The van der Waals surface area contributed by atoms with Gasteiger partial charge in [0.1, 0.15) is 0 Å². The van der Waals surface area contributed by atoms with E-state index < -0.39 is 0 Å². The molecule has 2 unspecified atom stereocenters. The van der Waals surface area contributed by atoms with Gasteiger partial charge in [-0.1, -0.05) is 48.9 Å². The second-order valence-corrected chi connectivity index (χ2v) is 5.72. The van der Waals surface area contributed by atoms with E-state index in [0.29, 0.717) is 6.04 Å². The first-order valence-electron chi connectivity index (χ1n) is 7.62. The Bertz CT molecular complexity index is 413. The second-order valence-electron chi connectivity index (χ2n) is 5.72. The third-order valence-electron chi connectivity index (χ3n) is 4.46. The topological polar surface area (TPSA) is 15.3 Å². The number of rotatable bonds is 4. The van der Waals surface area contributed by atoms with Crippen LogP contribution in [0.15, 0.2) is 36.4 Å². The monoisotopic (exact) mass is 256 g/mol. The summed E-state index contributed by atoms with van der Waals surface area (Å²) >= 11 is 0. The van der Waals surface area contributed by atoms with Crippen molar-refractivity contribution in [2.45, 2.75) is 37.8 Å². The molecule has 2 nitrogen and oxygen atoms in total. The van der Waals surface area contributed by atoms with Crippen molar-refractivity contribution < 1.29 is 0 Å². The minimum Gasteiger partial charge on any atom is -0.309 e. The van der Waals surface area contributed by atoms with E-state index in [1.165, 1.54) is 44.3 Å². The molecule has 1 N–H and O–H groups in total. The average Bonchev–Trinajstić information content (AvgIpc) is 2.88. The van der Waals surface area contributed by atoms with E-state index in [1.54, 1.807) is 0 Å². The molecule has 2 atom stereocenters. The lowest BCUT2D eigenvalue weighted by Gasteiger charge is -2.32. The highest BCUT2D eigenvalue weighted by atomic mass is 15.2. The van der Waals surface area contributed by atoms with E-state index in [0.717, 1.165) is 12.6 Å². The third-order valence-corrected chi connectivity index (χ3v) is 4.46. The van der Waals surface area contributed by atoms with E-state index in [1.807, 2.05) is 0 Å². The van der Waals surface area contributed by atoms with Gasteiger partial charge in [0.2, 0.25) is 0 Å². The first-order valence-corrected chi connectivity index (χ1v) is 7.62. The zero-order valence-corrected chi connectivity index (χ0v) is 11.6. The van der Waals surface area contributed by atoms with Gasteiger partial charge in [-0.3, -0.25) is 4.90 Å². The van der Waals surface area contributed by atoms with E-state index in [2.05, 4.69) is 52.7 Å². The quantitative estimate of drug-likeness (QED) is 0.891. The van der Waals surface area contributed by atoms with E-state index in [9.17, 15) is 0 Å². The predicted molar refractivity (Wildman–Crippen MR) is 81.1 cm³/mol. The summed E-state index contributed by atoms with van der Waals surface area (Å²) in [4.78, 5) is 2.68. The Labute approximate surface area is 116 Å². The molecular formula is C17H24N2. The molecule has 0 aromatic heterocycles. The second kappa shape index (κ2) is 6.36. The molecule has 0 spiro atoms. The summed E-state index contributed by atoms with van der Waals surface area (Å²) in [5.41, 5.74) is 1.29. The summed E-state index contributed by atoms with van der Waals surface area (Å²) in [5, 5.41) is 3.72. The van der Waals surface area contributed by atoms with Gasteiger partial charge in [-0.05, 0) is 31.4 Å². The van der Waals surface area contributed by atoms with Gasteiger partial charge in [0.05, 0.1) is 0 Å². The van der Waals surface area contributed by atoms with Crippen molar-refractivity contribution in [3.05, 3.63) is 42.0 Å². The summed E-state index contributed by atoms with van der Waals surface area (Å²) in [6, 6.07) is 12.0. The van der Waals surface area contributed by atoms with Crippen LogP contribution in [0.2, 0.25) is 0 Å². The largest absolute Gasteiger partial charge is 0.309 e. The molecule has 0 aliphatic carbocycles. The highest BCUT2D eigenvalue weighted by molar-refractivity contribution is 5.48. The Morgan fingerprint density at radius 2 is 2.00 bits per heavy atom. The van der Waals surface area contributed by atoms with E-state index in [-0.39, 0.29) is 0 Å². The Morgan fingerprint density at radius 1 is 1.11 bits per heavy atom. The standard InChI is InChI=1S/C17H24N2/c1-2-7-15(8-3-1)9-6-12-18-16-11-14-19-13-5-4-10-17(16)19/h1-3,6-9,16-18H,4-5,10-14H2. The molecule has 2 aliphatic heterocycles. The van der Waals surface area contributed by atoms with Gasteiger partial charge in [0.15, 0.2) is 0 Å². The number of benzene rings is 1. The summed E-state index contributed by atoms with van der Waals surface area (Å²) in [6.45, 7) is 3.61. The van der Waals surface area contributed by atoms with Gasteiger partial charge in [-0.2, -0.15) is 0 Å². The van der Waals surface area contributed by atoms with E-state index in [4.69, 9.17) is 0 Å². The van der Waals surface area contributed by atoms with Gasteiger partial charge in [-0.15, -0.1) is 0 Å². The summed E-state index contributed by atoms with van der Waals surface area (Å²) in [6.07, 6.45) is 9.99. The Morgan fingerprint density at radius 3 is 2.89 bits per heavy atom. The highest BCUT2D eigenvalue weighted by Crippen LogP contribution is 2.26. The van der Waals surface area contributed by atoms with Gasteiger partial charge in [0, 0.05) is 25.2 Å². The van der Waals surface area contributed by atoms with Crippen LogP contribution >= 0.6 is 0 Å². The van der Waals surface area contributed by atoms with Crippen LogP contribution < -0.4 is 5.32 Å². The molecule has 1 aromatic carbocycles. The summed E-state index contributed by atoms with van der Waals surface area (Å²) < 4.78 is 0. The number of hydrogen-bond donors (Lipinski definition) is 1. The Balaban J connectivity index is 1.46. The molecule has 2 fully saturated rings. The first kappa shape index (κ1) is 12.9. The minimum atomic E-state index is 0.709. The predicted octanol–water partition coefficient (Wildman–Crippen LogP) is 2.92. The van der Waals surface area contributed by atoms with Crippen molar-refractivity contribution >= 4 is 6.08 Å². The van der Waals surface area contributed by atoms with Gasteiger partial charge in [0.25, 0.3) is 0 Å². The molecule has 0 saturated carbocycles. The third kappa shape index (κ3) is 3.26. The van der Waals surface area contributed by atoms with Crippen molar-refractivity contribution in [1.82, 2.24) is 10.2 Å². The van der Waals surface area contributed by atoms with Crippen LogP contribution in [0.25, 0.3) is 6.08 Å². The van der Waals surface area contributed by atoms with Crippen LogP contribution in [0.1, 0.15) is 31.2 Å². The SMILES string of the molecule is C(=Cc1ccccc1)CNC1CCN2CCCCC12. The van der Waals surface area contributed by atoms with Gasteiger partial charge < -0.3 is 5.32 Å². The van der Waals surface area contributed by atoms with Crippen LogP contribution in [0, 0.1) is 0 Å². The zero-order chi connectivity index (χ0) is 12.9. The molecule has 0 radical (unpaired) electrons. The average molecular weight is 256 g/mol. The maximum atomic E-state index is 3.72. The van der Waals surface area contributed by atoms with Crippen molar-refractivity contribution in [2.24, 2.45) is 0 Å². The maximum Gasteiger partial charge on any atom is 0.0249 e. The zero-order valence-electron chi connectivity index (χ0n) is 11.6. The fraction of sp³-hybridized carbons (Fsp3) is 0.529. The lowest BCUT2D eigenvalue weighted by atomic mass is 9.99. The fourth-order valence-corrected chi connectivity index (χ4v) is 3.46. The molecule has 3 rings (SSSR count). The van der Waals surface area contributed by atoms with Crippen molar-refractivity contribution in [2.75, 3.05) is 19.6 Å². The van der Waals surface area contributed by atoms with Crippen LogP contribution in [-0.2, 0) is 0 Å². The molecule has 0 bridgehead atoms. The van der Waals surface area contributed by atoms with Crippen LogP contribution in [0.5, 0.6) is 0 Å². The molecule has 0 amide bonds. The van der Waals surface area contributed by atoms with Gasteiger partial charge in [-0.25, -0.2) is 0 Å². The Hall–Kier alpha value is -1.12. The first-order chi connectivity index (χ1) is 9.43. The number of nitrogens with zero attached hydrogens (tertiary/aromatic N) is 1. The lowest BCUT2D eigenvalue weighted by molar-refractivity contribution is 0.182. The fourth-order valence-electron chi connectivity index (χ4n) is 3.46. The maximum absolute atomic E-state index is 3.72. The molecule has 1 aromatic rings. The summed E-state index contributed by atoms with van der Waals surface area (Å²) in [5.74, 6) is 0. The van der Waals surface area contributed by atoms with Crippen LogP contribution in [0.4, 0.5) is 0 Å². The molecule has 2 saturated heterocycles. The van der Waals surface area contributed by atoms with Crippen molar-refractivity contribution in [1.29, 1.82) is 0 Å². The molecule has 2 heterocycles.